The molecule has 5 atom stereocenters. The van der Waals surface area contributed by atoms with E-state index < -0.39 is 42.6 Å². The molecule has 0 bridgehead atoms. The number of ether oxygens (including phenoxy) is 4. The number of aliphatic hydroxyl groups is 1. The zero-order valence-corrected chi connectivity index (χ0v) is 10.8. The fourth-order valence-electron chi connectivity index (χ4n) is 1.93. The van der Waals surface area contributed by atoms with E-state index in [0.717, 1.165) is 0 Å². The first-order valence-electron chi connectivity index (χ1n) is 5.57. The minimum absolute atomic E-state index is 0.504. The van der Waals surface area contributed by atoms with Gasteiger partial charge in [-0.05, 0) is 6.92 Å². The van der Waals surface area contributed by atoms with Gasteiger partial charge in [0, 0.05) is 21.0 Å². The lowest BCUT2D eigenvalue weighted by Crippen LogP contribution is -2.59. The van der Waals surface area contributed by atoms with E-state index in [4.69, 9.17) is 18.9 Å². The molecule has 1 saturated heterocycles. The molecule has 1 rings (SSSR count). The van der Waals surface area contributed by atoms with Crippen LogP contribution < -0.4 is 0 Å². The average molecular weight is 262 g/mol. The second-order valence-electron chi connectivity index (χ2n) is 4.08. The molecule has 1 heterocycles. The highest BCUT2D eigenvalue weighted by Gasteiger charge is 2.47. The van der Waals surface area contributed by atoms with Crippen LogP contribution >= 0.6 is 0 Å². The van der Waals surface area contributed by atoms with Crippen molar-refractivity contribution in [2.45, 2.75) is 51.5 Å². The van der Waals surface area contributed by atoms with Crippen LogP contribution in [0.3, 0.4) is 0 Å². The summed E-state index contributed by atoms with van der Waals surface area (Å²) in [4.78, 5) is 22.0. The summed E-state index contributed by atoms with van der Waals surface area (Å²) in [5, 5.41) is 9.72. The fraction of sp³-hybridized carbons (Fsp3) is 0.818. The Morgan fingerprint density at radius 3 is 2.00 bits per heavy atom. The molecule has 0 amide bonds. The molecule has 104 valence electrons. The maximum atomic E-state index is 11.0. The number of hydrogen-bond donors (Lipinski definition) is 1. The van der Waals surface area contributed by atoms with Gasteiger partial charge < -0.3 is 24.1 Å². The molecule has 7 nitrogen and oxygen atoms in total. The van der Waals surface area contributed by atoms with Gasteiger partial charge in [0.1, 0.15) is 6.10 Å². The van der Waals surface area contributed by atoms with Crippen LogP contribution in [0.5, 0.6) is 0 Å². The number of methoxy groups -OCH3 is 1. The summed E-state index contributed by atoms with van der Waals surface area (Å²) < 4.78 is 20.3. The van der Waals surface area contributed by atoms with Crippen LogP contribution in [-0.4, -0.2) is 54.9 Å². The second-order valence-corrected chi connectivity index (χ2v) is 4.08. The molecule has 1 aliphatic rings. The third kappa shape index (κ3) is 3.41. The van der Waals surface area contributed by atoms with Crippen LogP contribution in [0.4, 0.5) is 0 Å². The molecule has 1 N–H and O–H groups in total. The molecule has 0 unspecified atom stereocenters. The van der Waals surface area contributed by atoms with Crippen LogP contribution in [0.2, 0.25) is 0 Å². The van der Waals surface area contributed by atoms with Crippen LogP contribution in [0.15, 0.2) is 0 Å². The normalized spacial score (nSPS) is 35.9. The zero-order chi connectivity index (χ0) is 13.9. The average Bonchev–Trinajstić information content (AvgIpc) is 2.24. The van der Waals surface area contributed by atoms with Gasteiger partial charge in [0.25, 0.3) is 0 Å². The van der Waals surface area contributed by atoms with E-state index in [2.05, 4.69) is 0 Å². The van der Waals surface area contributed by atoms with Gasteiger partial charge in [-0.15, -0.1) is 0 Å². The molecule has 18 heavy (non-hydrogen) atoms. The Morgan fingerprint density at radius 2 is 1.56 bits per heavy atom. The van der Waals surface area contributed by atoms with E-state index in [0.29, 0.717) is 0 Å². The third-order valence-corrected chi connectivity index (χ3v) is 2.62. The van der Waals surface area contributed by atoms with Gasteiger partial charge in [-0.2, -0.15) is 0 Å². The van der Waals surface area contributed by atoms with Crippen molar-refractivity contribution in [1.82, 2.24) is 0 Å². The fourth-order valence-corrected chi connectivity index (χ4v) is 1.93. The number of aliphatic hydroxyl groups excluding tert-OH is 1. The summed E-state index contributed by atoms with van der Waals surface area (Å²) in [6.07, 6.45) is -4.45. The van der Waals surface area contributed by atoms with Crippen molar-refractivity contribution < 1.29 is 33.6 Å². The van der Waals surface area contributed by atoms with Crippen molar-refractivity contribution in [1.29, 1.82) is 0 Å². The number of esters is 2. The molecule has 0 aromatic carbocycles. The molecule has 0 aromatic rings. The highest BCUT2D eigenvalue weighted by molar-refractivity contribution is 5.67. The first kappa shape index (κ1) is 14.9. The molecule has 0 radical (unpaired) electrons. The van der Waals surface area contributed by atoms with E-state index in [1.807, 2.05) is 0 Å². The smallest absolute Gasteiger partial charge is 0.303 e. The Kier molecular flexibility index (Phi) is 5.06. The third-order valence-electron chi connectivity index (χ3n) is 2.62. The highest BCUT2D eigenvalue weighted by Crippen LogP contribution is 2.26. The first-order valence-corrected chi connectivity index (χ1v) is 5.57. The van der Waals surface area contributed by atoms with Crippen molar-refractivity contribution in [3.8, 4) is 0 Å². The number of carbonyl (C=O) groups excluding carboxylic acids is 2. The van der Waals surface area contributed by atoms with Crippen LogP contribution in [0, 0.1) is 0 Å². The standard InChI is InChI=1S/C11H18O7/c1-5-8(17-6(2)12)9(15-4)10(11(14)16-5)18-7(3)13/h5,8-11,14H,1-4H3/t5-,8+,9+,10-,11+/m1/s1. The van der Waals surface area contributed by atoms with Crippen molar-refractivity contribution in [2.24, 2.45) is 0 Å². The molecular formula is C11H18O7. The van der Waals surface area contributed by atoms with Crippen molar-refractivity contribution in [3.05, 3.63) is 0 Å². The highest BCUT2D eigenvalue weighted by atomic mass is 16.7. The largest absolute Gasteiger partial charge is 0.457 e. The van der Waals surface area contributed by atoms with E-state index in [9.17, 15) is 14.7 Å². The molecule has 0 aromatic heterocycles. The van der Waals surface area contributed by atoms with Gasteiger partial charge in [0.2, 0.25) is 0 Å². The minimum Gasteiger partial charge on any atom is -0.457 e. The number of rotatable bonds is 3. The van der Waals surface area contributed by atoms with Gasteiger partial charge in [0.05, 0.1) is 6.10 Å². The first-order chi connectivity index (χ1) is 8.36. The Balaban J connectivity index is 2.88. The lowest BCUT2D eigenvalue weighted by molar-refractivity contribution is -0.289. The van der Waals surface area contributed by atoms with E-state index in [1.54, 1.807) is 6.92 Å². The Labute approximate surface area is 105 Å². The van der Waals surface area contributed by atoms with Gasteiger partial charge in [-0.1, -0.05) is 0 Å². The van der Waals surface area contributed by atoms with E-state index >= 15 is 0 Å². The number of carbonyl (C=O) groups is 2. The maximum absolute atomic E-state index is 11.0. The van der Waals surface area contributed by atoms with Crippen LogP contribution in [0.25, 0.3) is 0 Å². The minimum atomic E-state index is -1.32. The van der Waals surface area contributed by atoms with E-state index in [-0.39, 0.29) is 0 Å². The SMILES string of the molecule is CO[C@H]1[C@@H](OC(C)=O)[C@@H](C)O[C@H](O)[C@@H]1OC(C)=O. The summed E-state index contributed by atoms with van der Waals surface area (Å²) >= 11 is 0. The predicted molar refractivity (Wildman–Crippen MR) is 58.5 cm³/mol. The van der Waals surface area contributed by atoms with E-state index in [1.165, 1.54) is 21.0 Å². The molecule has 7 heteroatoms. The van der Waals surface area contributed by atoms with Crippen LogP contribution in [-0.2, 0) is 28.5 Å². The van der Waals surface area contributed by atoms with Crippen molar-refractivity contribution >= 4 is 11.9 Å². The van der Waals surface area contributed by atoms with Gasteiger partial charge >= 0.3 is 11.9 Å². The number of hydrogen-bond acceptors (Lipinski definition) is 7. The summed E-state index contributed by atoms with van der Waals surface area (Å²) in [5.74, 6) is -1.09. The second kappa shape index (κ2) is 6.12. The lowest BCUT2D eigenvalue weighted by atomic mass is 9.99. The summed E-state index contributed by atoms with van der Waals surface area (Å²) in [7, 11) is 1.38. The Morgan fingerprint density at radius 1 is 1.06 bits per heavy atom. The topological polar surface area (TPSA) is 91.3 Å². The van der Waals surface area contributed by atoms with Crippen molar-refractivity contribution in [2.75, 3.05) is 7.11 Å². The molecule has 0 saturated carbocycles. The van der Waals surface area contributed by atoms with Gasteiger partial charge in [0.15, 0.2) is 18.5 Å². The van der Waals surface area contributed by atoms with Gasteiger partial charge in [-0.3, -0.25) is 9.59 Å². The molecule has 0 aliphatic carbocycles. The summed E-state index contributed by atoms with van der Waals surface area (Å²) in [6.45, 7) is 4.09. The Bertz CT molecular complexity index is 289. The predicted octanol–water partition coefficient (Wildman–Crippen LogP) is -0.398. The van der Waals surface area contributed by atoms with Gasteiger partial charge in [-0.25, -0.2) is 0 Å². The Hall–Kier alpha value is -1.18. The lowest BCUT2D eigenvalue weighted by Gasteiger charge is -2.41. The maximum Gasteiger partial charge on any atom is 0.303 e. The van der Waals surface area contributed by atoms with Crippen molar-refractivity contribution in [3.63, 3.8) is 0 Å². The monoisotopic (exact) mass is 262 g/mol. The summed E-state index contributed by atoms with van der Waals surface area (Å²) in [5.41, 5.74) is 0. The quantitative estimate of drug-likeness (QED) is 0.692. The molecule has 1 fully saturated rings. The molecule has 0 spiro atoms. The van der Waals surface area contributed by atoms with Crippen LogP contribution in [0.1, 0.15) is 20.8 Å². The molecule has 1 aliphatic heterocycles. The molecular weight excluding hydrogens is 244 g/mol. The summed E-state index contributed by atoms with van der Waals surface area (Å²) in [6, 6.07) is 0. The zero-order valence-electron chi connectivity index (χ0n) is 10.8.